The molecule has 0 fully saturated rings. The zero-order valence-corrected chi connectivity index (χ0v) is 10.6. The van der Waals surface area contributed by atoms with Crippen molar-refractivity contribution in [3.8, 4) is 0 Å². The van der Waals surface area contributed by atoms with Gasteiger partial charge in [-0.1, -0.05) is 64.7 Å². The second-order valence-electron chi connectivity index (χ2n) is 4.29. The Kier molecular flexibility index (Phi) is 22.1. The van der Waals surface area contributed by atoms with Crippen LogP contribution in [0.3, 0.4) is 0 Å². The van der Waals surface area contributed by atoms with Gasteiger partial charge >= 0.3 is 29.6 Å². The van der Waals surface area contributed by atoms with Gasteiger partial charge in [0.05, 0.1) is 0 Å². The Morgan fingerprint density at radius 3 is 1.62 bits per heavy atom. The quantitative estimate of drug-likeness (QED) is 0.366. The SMILES string of the molecule is [CH2]COCCCCCCCCCCCC.[NaH]. The molecule has 0 atom stereocenters. The maximum atomic E-state index is 5.19. The van der Waals surface area contributed by atoms with Crippen molar-refractivity contribution in [2.24, 2.45) is 0 Å². The van der Waals surface area contributed by atoms with Crippen LogP contribution in [-0.4, -0.2) is 42.8 Å². The third kappa shape index (κ3) is 17.4. The molecule has 93 valence electrons. The molecule has 0 unspecified atom stereocenters. The molecule has 1 radical (unpaired) electrons. The van der Waals surface area contributed by atoms with Crippen LogP contribution in [0.4, 0.5) is 0 Å². The molecule has 0 aromatic heterocycles. The fourth-order valence-corrected chi connectivity index (χ4v) is 1.79. The standard InChI is InChI=1S/C14H29O.Na.H/c1-3-5-6-7-8-9-10-11-12-13-14-15-4-2;;/h2-14H2,1H3;;. The Hall–Kier alpha value is 0.960. The number of hydrogen-bond donors (Lipinski definition) is 0. The van der Waals surface area contributed by atoms with Crippen LogP contribution in [0, 0.1) is 6.92 Å². The predicted octanol–water partition coefficient (Wildman–Crippen LogP) is 4.11. The van der Waals surface area contributed by atoms with Crippen molar-refractivity contribution in [2.45, 2.75) is 71.1 Å². The zero-order valence-electron chi connectivity index (χ0n) is 10.6. The molecule has 0 aromatic carbocycles. The molecule has 0 saturated carbocycles. The normalized spacial score (nSPS) is 10.1. The molecular weight excluding hydrogens is 207 g/mol. The summed E-state index contributed by atoms with van der Waals surface area (Å²) in [6, 6.07) is 0. The molecule has 0 aromatic rings. The van der Waals surface area contributed by atoms with Crippen LogP contribution in [0.1, 0.15) is 71.1 Å². The number of rotatable bonds is 12. The monoisotopic (exact) mass is 237 g/mol. The molecule has 0 aliphatic heterocycles. The van der Waals surface area contributed by atoms with Crippen molar-refractivity contribution >= 4 is 29.6 Å². The first-order chi connectivity index (χ1) is 7.41. The molecule has 1 nitrogen and oxygen atoms in total. The molecule has 2 heteroatoms. The van der Waals surface area contributed by atoms with Gasteiger partial charge in [0.15, 0.2) is 0 Å². The van der Waals surface area contributed by atoms with Gasteiger partial charge in [-0.15, -0.1) is 0 Å². The predicted molar refractivity (Wildman–Crippen MR) is 75.2 cm³/mol. The summed E-state index contributed by atoms with van der Waals surface area (Å²) >= 11 is 0. The van der Waals surface area contributed by atoms with E-state index in [0.29, 0.717) is 6.61 Å². The van der Waals surface area contributed by atoms with Gasteiger partial charge in [-0.25, -0.2) is 0 Å². The maximum absolute atomic E-state index is 5.19. The van der Waals surface area contributed by atoms with E-state index in [-0.39, 0.29) is 29.6 Å². The van der Waals surface area contributed by atoms with Crippen molar-refractivity contribution in [1.82, 2.24) is 0 Å². The summed E-state index contributed by atoms with van der Waals surface area (Å²) in [6.45, 7) is 7.44. The van der Waals surface area contributed by atoms with Gasteiger partial charge in [-0.3, -0.25) is 0 Å². The van der Waals surface area contributed by atoms with Crippen molar-refractivity contribution in [3.63, 3.8) is 0 Å². The number of hydrogen-bond acceptors (Lipinski definition) is 1. The van der Waals surface area contributed by atoms with Gasteiger partial charge < -0.3 is 4.74 Å². The van der Waals surface area contributed by atoms with Crippen LogP contribution in [0.15, 0.2) is 0 Å². The molecule has 0 aliphatic carbocycles. The Morgan fingerprint density at radius 2 is 1.19 bits per heavy atom. The van der Waals surface area contributed by atoms with Gasteiger partial charge in [-0.05, 0) is 13.3 Å². The average Bonchev–Trinajstić information content (AvgIpc) is 2.26. The molecule has 0 spiro atoms. The molecule has 0 aliphatic rings. The van der Waals surface area contributed by atoms with Crippen LogP contribution < -0.4 is 0 Å². The number of ether oxygens (including phenoxy) is 1. The molecule has 0 saturated heterocycles. The minimum atomic E-state index is 0. The zero-order chi connectivity index (χ0) is 11.2. The Balaban J connectivity index is 0. The Bertz CT molecular complexity index is 94.9. The van der Waals surface area contributed by atoms with Gasteiger partial charge in [0, 0.05) is 13.2 Å². The van der Waals surface area contributed by atoms with E-state index in [9.17, 15) is 0 Å². The summed E-state index contributed by atoms with van der Waals surface area (Å²) in [5, 5.41) is 0. The van der Waals surface area contributed by atoms with Crippen LogP contribution in [-0.2, 0) is 4.74 Å². The third-order valence-electron chi connectivity index (χ3n) is 2.79. The first kappa shape index (κ1) is 19.3. The second-order valence-corrected chi connectivity index (χ2v) is 4.29. The molecule has 0 rings (SSSR count). The van der Waals surface area contributed by atoms with Crippen LogP contribution in [0.2, 0.25) is 0 Å². The number of unbranched alkanes of at least 4 members (excludes halogenated alkanes) is 9. The molecule has 0 N–H and O–H groups in total. The molecule has 0 bridgehead atoms. The Labute approximate surface area is 125 Å². The van der Waals surface area contributed by atoms with Gasteiger partial charge in [0.25, 0.3) is 0 Å². The second kappa shape index (κ2) is 18.3. The van der Waals surface area contributed by atoms with Crippen LogP contribution >= 0.6 is 0 Å². The summed E-state index contributed by atoms with van der Waals surface area (Å²) in [6.07, 6.45) is 13.9. The Morgan fingerprint density at radius 1 is 0.750 bits per heavy atom. The summed E-state index contributed by atoms with van der Waals surface area (Å²) in [5.74, 6) is 0. The van der Waals surface area contributed by atoms with Gasteiger partial charge in [-0.2, -0.15) is 0 Å². The van der Waals surface area contributed by atoms with E-state index in [1.807, 2.05) is 0 Å². The van der Waals surface area contributed by atoms with Gasteiger partial charge in [0.1, 0.15) is 0 Å². The summed E-state index contributed by atoms with van der Waals surface area (Å²) in [7, 11) is 0. The molecule has 16 heavy (non-hydrogen) atoms. The van der Waals surface area contributed by atoms with E-state index in [2.05, 4.69) is 13.8 Å². The third-order valence-corrected chi connectivity index (χ3v) is 2.79. The molecule has 0 heterocycles. The van der Waals surface area contributed by atoms with E-state index in [0.717, 1.165) is 6.61 Å². The van der Waals surface area contributed by atoms with Crippen LogP contribution in [0.5, 0.6) is 0 Å². The summed E-state index contributed by atoms with van der Waals surface area (Å²) in [5.41, 5.74) is 0. The minimum absolute atomic E-state index is 0. The van der Waals surface area contributed by atoms with E-state index in [4.69, 9.17) is 4.74 Å². The van der Waals surface area contributed by atoms with Crippen molar-refractivity contribution < 1.29 is 4.74 Å². The van der Waals surface area contributed by atoms with E-state index >= 15 is 0 Å². The average molecular weight is 237 g/mol. The van der Waals surface area contributed by atoms with Crippen molar-refractivity contribution in [2.75, 3.05) is 13.2 Å². The summed E-state index contributed by atoms with van der Waals surface area (Å²) < 4.78 is 5.19. The fraction of sp³-hybridized carbons (Fsp3) is 0.929. The summed E-state index contributed by atoms with van der Waals surface area (Å²) in [4.78, 5) is 0. The van der Waals surface area contributed by atoms with E-state index < -0.39 is 0 Å². The van der Waals surface area contributed by atoms with Crippen molar-refractivity contribution in [1.29, 1.82) is 0 Å². The first-order valence-corrected chi connectivity index (χ1v) is 6.78. The van der Waals surface area contributed by atoms with E-state index in [1.54, 1.807) is 0 Å². The first-order valence-electron chi connectivity index (χ1n) is 6.78. The van der Waals surface area contributed by atoms with Gasteiger partial charge in [0.2, 0.25) is 0 Å². The molecule has 0 amide bonds. The van der Waals surface area contributed by atoms with E-state index in [1.165, 1.54) is 64.2 Å². The van der Waals surface area contributed by atoms with Crippen LogP contribution in [0.25, 0.3) is 0 Å². The topological polar surface area (TPSA) is 9.23 Å². The fourth-order valence-electron chi connectivity index (χ4n) is 1.79. The molecular formula is C14H30NaO. The van der Waals surface area contributed by atoms with Crippen molar-refractivity contribution in [3.05, 3.63) is 6.92 Å².